The first-order valence-corrected chi connectivity index (χ1v) is 8.15. The van der Waals surface area contributed by atoms with E-state index in [1.54, 1.807) is 22.9 Å². The molecule has 1 aromatic carbocycles. The van der Waals surface area contributed by atoms with E-state index in [0.29, 0.717) is 23.9 Å². The standard InChI is InChI=1S/C16H13N5OS/c22-15-10-23-13-7-2-1-6-12(13)21(15)9-14-18-16(20-19-14)11-5-3-4-8-17-11/h1-8H,9-10H2,(H,18,19,20). The second kappa shape index (κ2) is 5.85. The van der Waals surface area contributed by atoms with Crippen molar-refractivity contribution in [2.24, 2.45) is 0 Å². The van der Waals surface area contributed by atoms with Crippen LogP contribution in [0.1, 0.15) is 5.82 Å². The first-order chi connectivity index (χ1) is 11.3. The zero-order valence-corrected chi connectivity index (χ0v) is 13.0. The van der Waals surface area contributed by atoms with Gasteiger partial charge in [-0.2, -0.15) is 0 Å². The molecule has 1 N–H and O–H groups in total. The van der Waals surface area contributed by atoms with Gasteiger partial charge in [-0.25, -0.2) is 0 Å². The van der Waals surface area contributed by atoms with Crippen molar-refractivity contribution in [2.75, 3.05) is 10.7 Å². The summed E-state index contributed by atoms with van der Waals surface area (Å²) < 4.78 is 0. The molecule has 1 aliphatic rings. The fraction of sp³-hybridized carbons (Fsp3) is 0.125. The number of para-hydroxylation sites is 1. The molecule has 2 aromatic heterocycles. The molecule has 23 heavy (non-hydrogen) atoms. The number of pyridine rings is 1. The Labute approximate surface area is 137 Å². The lowest BCUT2D eigenvalue weighted by atomic mass is 10.2. The average Bonchev–Trinajstić information content (AvgIpc) is 3.07. The number of thioether (sulfide) groups is 1. The van der Waals surface area contributed by atoms with Crippen LogP contribution in [-0.2, 0) is 11.3 Å². The van der Waals surface area contributed by atoms with Crippen LogP contribution in [0.3, 0.4) is 0 Å². The highest BCUT2D eigenvalue weighted by Gasteiger charge is 2.25. The van der Waals surface area contributed by atoms with Gasteiger partial charge in [-0.05, 0) is 24.3 Å². The number of carbonyl (C=O) groups excluding carboxylic acids is 1. The van der Waals surface area contributed by atoms with Gasteiger partial charge >= 0.3 is 0 Å². The highest BCUT2D eigenvalue weighted by Crippen LogP contribution is 2.35. The third-order valence-electron chi connectivity index (χ3n) is 3.56. The molecule has 0 atom stereocenters. The van der Waals surface area contributed by atoms with Gasteiger partial charge in [-0.15, -0.1) is 22.0 Å². The van der Waals surface area contributed by atoms with Crippen LogP contribution in [0.4, 0.5) is 5.69 Å². The normalized spacial score (nSPS) is 13.9. The van der Waals surface area contributed by atoms with E-state index in [1.165, 1.54) is 0 Å². The maximum absolute atomic E-state index is 12.3. The SMILES string of the molecule is O=C1CSc2ccccc2N1Cc1nnc(-c2ccccn2)[nH]1. The molecule has 114 valence electrons. The first kappa shape index (κ1) is 14.0. The van der Waals surface area contributed by atoms with Crippen molar-refractivity contribution in [2.45, 2.75) is 11.4 Å². The van der Waals surface area contributed by atoms with E-state index in [1.807, 2.05) is 42.5 Å². The molecule has 0 bridgehead atoms. The minimum Gasteiger partial charge on any atom is -0.322 e. The number of hydrogen-bond acceptors (Lipinski definition) is 5. The minimum atomic E-state index is 0.0736. The maximum Gasteiger partial charge on any atom is 0.237 e. The molecule has 0 radical (unpaired) electrons. The van der Waals surface area contributed by atoms with Crippen molar-refractivity contribution in [3.63, 3.8) is 0 Å². The molecule has 3 aromatic rings. The van der Waals surface area contributed by atoms with Crippen LogP contribution in [0.5, 0.6) is 0 Å². The second-order valence-corrected chi connectivity index (χ2v) is 6.09. The van der Waals surface area contributed by atoms with Crippen LogP contribution in [-0.4, -0.2) is 31.8 Å². The molecule has 1 amide bonds. The van der Waals surface area contributed by atoms with E-state index < -0.39 is 0 Å². The third kappa shape index (κ3) is 2.70. The first-order valence-electron chi connectivity index (χ1n) is 7.16. The van der Waals surface area contributed by atoms with Crippen molar-refractivity contribution >= 4 is 23.4 Å². The van der Waals surface area contributed by atoms with E-state index in [0.717, 1.165) is 16.3 Å². The lowest BCUT2D eigenvalue weighted by molar-refractivity contribution is -0.116. The summed E-state index contributed by atoms with van der Waals surface area (Å²) in [7, 11) is 0. The molecule has 7 heteroatoms. The van der Waals surface area contributed by atoms with Gasteiger partial charge in [0.15, 0.2) is 11.6 Å². The van der Waals surface area contributed by atoms with Crippen LogP contribution in [0.15, 0.2) is 53.6 Å². The highest BCUT2D eigenvalue weighted by atomic mass is 32.2. The number of nitrogens with zero attached hydrogens (tertiary/aromatic N) is 4. The van der Waals surface area contributed by atoms with Gasteiger partial charge < -0.3 is 9.88 Å². The lowest BCUT2D eigenvalue weighted by Gasteiger charge is -2.27. The van der Waals surface area contributed by atoms with Crippen molar-refractivity contribution in [3.8, 4) is 11.5 Å². The second-order valence-electron chi connectivity index (χ2n) is 5.07. The Morgan fingerprint density at radius 2 is 2.00 bits per heavy atom. The number of anilines is 1. The summed E-state index contributed by atoms with van der Waals surface area (Å²) >= 11 is 1.57. The number of hydrogen-bond donors (Lipinski definition) is 1. The summed E-state index contributed by atoms with van der Waals surface area (Å²) in [6.45, 7) is 0.371. The predicted molar refractivity (Wildman–Crippen MR) is 88.0 cm³/mol. The number of carbonyl (C=O) groups is 1. The smallest absolute Gasteiger partial charge is 0.237 e. The number of H-pyrrole nitrogens is 1. The van der Waals surface area contributed by atoms with Crippen LogP contribution in [0.2, 0.25) is 0 Å². The summed E-state index contributed by atoms with van der Waals surface area (Å²) in [5.41, 5.74) is 1.65. The molecule has 4 rings (SSSR count). The van der Waals surface area contributed by atoms with Crippen LogP contribution >= 0.6 is 11.8 Å². The van der Waals surface area contributed by atoms with Crippen LogP contribution in [0, 0.1) is 0 Å². The molecular formula is C16H13N5OS. The monoisotopic (exact) mass is 323 g/mol. The van der Waals surface area contributed by atoms with Crippen molar-refractivity contribution in [1.29, 1.82) is 0 Å². The molecule has 0 fully saturated rings. The molecule has 6 nitrogen and oxygen atoms in total. The molecule has 1 aliphatic heterocycles. The fourth-order valence-corrected chi connectivity index (χ4v) is 3.40. The van der Waals surface area contributed by atoms with E-state index >= 15 is 0 Å². The van der Waals surface area contributed by atoms with Crippen molar-refractivity contribution in [1.82, 2.24) is 20.2 Å². The molecule has 3 heterocycles. The molecule has 0 spiro atoms. The van der Waals surface area contributed by atoms with Gasteiger partial charge in [0.1, 0.15) is 5.69 Å². The van der Waals surface area contributed by atoms with E-state index in [-0.39, 0.29) is 5.91 Å². The quantitative estimate of drug-likeness (QED) is 0.801. The maximum atomic E-state index is 12.3. The summed E-state index contributed by atoms with van der Waals surface area (Å²) in [5.74, 6) is 1.76. The Hall–Kier alpha value is -2.67. The van der Waals surface area contributed by atoms with Gasteiger partial charge in [-0.3, -0.25) is 9.78 Å². The van der Waals surface area contributed by atoms with Crippen LogP contribution < -0.4 is 4.90 Å². The summed E-state index contributed by atoms with van der Waals surface area (Å²) in [5, 5.41) is 8.27. The average molecular weight is 323 g/mol. The number of aromatic nitrogens is 4. The molecule has 0 aliphatic carbocycles. The largest absolute Gasteiger partial charge is 0.322 e. The zero-order chi connectivity index (χ0) is 15.6. The van der Waals surface area contributed by atoms with Gasteiger partial charge in [0, 0.05) is 11.1 Å². The molecule has 0 saturated heterocycles. The Kier molecular flexibility index (Phi) is 3.55. The number of amides is 1. The Bertz CT molecular complexity index is 848. The number of nitrogens with one attached hydrogen (secondary N) is 1. The summed E-state index contributed by atoms with van der Waals surface area (Å²) in [6, 6.07) is 13.5. The minimum absolute atomic E-state index is 0.0736. The number of fused-ring (bicyclic) bond motifs is 1. The summed E-state index contributed by atoms with van der Waals surface area (Å²) in [6.07, 6.45) is 1.71. The van der Waals surface area contributed by atoms with Crippen molar-refractivity contribution < 1.29 is 4.79 Å². The topological polar surface area (TPSA) is 74.8 Å². The van der Waals surface area contributed by atoms with E-state index in [9.17, 15) is 4.79 Å². The fourth-order valence-electron chi connectivity index (χ4n) is 2.46. The van der Waals surface area contributed by atoms with E-state index in [2.05, 4.69) is 20.2 Å². The lowest BCUT2D eigenvalue weighted by Crippen LogP contribution is -2.35. The Morgan fingerprint density at radius 3 is 2.87 bits per heavy atom. The highest BCUT2D eigenvalue weighted by molar-refractivity contribution is 8.00. The number of rotatable bonds is 3. The molecule has 0 saturated carbocycles. The van der Waals surface area contributed by atoms with E-state index in [4.69, 9.17) is 0 Å². The van der Waals surface area contributed by atoms with Gasteiger partial charge in [-0.1, -0.05) is 18.2 Å². The number of aromatic amines is 1. The predicted octanol–water partition coefficient (Wildman–Crippen LogP) is 2.51. The molecule has 0 unspecified atom stereocenters. The third-order valence-corrected chi connectivity index (χ3v) is 4.60. The van der Waals surface area contributed by atoms with Gasteiger partial charge in [0.05, 0.1) is 18.0 Å². The van der Waals surface area contributed by atoms with Crippen LogP contribution in [0.25, 0.3) is 11.5 Å². The Balaban J connectivity index is 1.61. The van der Waals surface area contributed by atoms with Crippen molar-refractivity contribution in [3.05, 3.63) is 54.5 Å². The number of benzene rings is 1. The summed E-state index contributed by atoms with van der Waals surface area (Å²) in [4.78, 5) is 22.5. The molecular weight excluding hydrogens is 310 g/mol. The zero-order valence-electron chi connectivity index (χ0n) is 12.1. The Morgan fingerprint density at radius 1 is 1.13 bits per heavy atom. The van der Waals surface area contributed by atoms with Gasteiger partial charge in [0.2, 0.25) is 5.91 Å². The van der Waals surface area contributed by atoms with Gasteiger partial charge in [0.25, 0.3) is 0 Å².